The molecule has 1 heteroatoms. The zero-order valence-electron chi connectivity index (χ0n) is 5.20. The van der Waals surface area contributed by atoms with Crippen LogP contribution in [0.5, 0.6) is 0 Å². The second-order valence-corrected chi connectivity index (χ2v) is 1.89. The predicted molar refractivity (Wildman–Crippen MR) is 32.9 cm³/mol. The maximum absolute atomic E-state index is 3.55. The molecule has 1 N–H and O–H groups in total. The summed E-state index contributed by atoms with van der Waals surface area (Å²) < 4.78 is 0. The summed E-state index contributed by atoms with van der Waals surface area (Å²) in [5, 5.41) is 2.92. The van der Waals surface area contributed by atoms with Crippen molar-refractivity contribution in [2.75, 3.05) is 0 Å². The molecule has 0 aromatic heterocycles. The van der Waals surface area contributed by atoms with E-state index >= 15 is 0 Å². The summed E-state index contributed by atoms with van der Waals surface area (Å²) in [5.74, 6) is 0. The van der Waals surface area contributed by atoms with Crippen molar-refractivity contribution in [1.29, 1.82) is 0 Å². The van der Waals surface area contributed by atoms with Gasteiger partial charge in [0.15, 0.2) is 0 Å². The van der Waals surface area contributed by atoms with Crippen molar-refractivity contribution in [2.24, 2.45) is 0 Å². The molecule has 0 aliphatic rings. The van der Waals surface area contributed by atoms with Crippen LogP contribution in [0.25, 0.3) is 0 Å². The van der Waals surface area contributed by atoms with Gasteiger partial charge < -0.3 is 5.32 Å². The van der Waals surface area contributed by atoms with Gasteiger partial charge in [-0.05, 0) is 13.3 Å². The SMILES string of the molecule is [CH2]NC(C)CCC. The van der Waals surface area contributed by atoms with Gasteiger partial charge in [-0.15, -0.1) is 0 Å². The summed E-state index contributed by atoms with van der Waals surface area (Å²) in [4.78, 5) is 0. The summed E-state index contributed by atoms with van der Waals surface area (Å²) in [6.45, 7) is 4.31. The molecule has 0 bridgehead atoms. The van der Waals surface area contributed by atoms with Crippen LogP contribution in [0, 0.1) is 7.05 Å². The Hall–Kier alpha value is -0.0400. The van der Waals surface area contributed by atoms with E-state index in [2.05, 4.69) is 26.2 Å². The van der Waals surface area contributed by atoms with E-state index in [-0.39, 0.29) is 0 Å². The Bertz CT molecular complexity index is 35.2. The molecule has 0 amide bonds. The molecule has 0 aliphatic carbocycles. The highest BCUT2D eigenvalue weighted by atomic mass is 14.8. The molecule has 1 unspecified atom stereocenters. The molecule has 0 aromatic rings. The quantitative estimate of drug-likeness (QED) is 0.567. The normalized spacial score (nSPS) is 14.1. The van der Waals surface area contributed by atoms with Crippen LogP contribution in [-0.4, -0.2) is 6.04 Å². The smallest absolute Gasteiger partial charge is 0.00793 e. The molecule has 0 saturated carbocycles. The van der Waals surface area contributed by atoms with E-state index in [9.17, 15) is 0 Å². The van der Waals surface area contributed by atoms with Gasteiger partial charge in [-0.2, -0.15) is 0 Å². The Kier molecular flexibility index (Phi) is 4.10. The molecule has 0 aliphatic heterocycles. The minimum absolute atomic E-state index is 0.588. The van der Waals surface area contributed by atoms with Gasteiger partial charge in [0.25, 0.3) is 0 Å². The first kappa shape index (κ1) is 6.96. The topological polar surface area (TPSA) is 12.0 Å². The van der Waals surface area contributed by atoms with Gasteiger partial charge in [0.1, 0.15) is 0 Å². The van der Waals surface area contributed by atoms with E-state index in [4.69, 9.17) is 0 Å². The first-order chi connectivity index (χ1) is 3.31. The van der Waals surface area contributed by atoms with Gasteiger partial charge in [-0.25, -0.2) is 0 Å². The van der Waals surface area contributed by atoms with Gasteiger partial charge in [-0.3, -0.25) is 0 Å². The fraction of sp³-hybridized carbons (Fsp3) is 0.833. The molecule has 0 saturated heterocycles. The molecule has 0 aromatic carbocycles. The highest BCUT2D eigenvalue weighted by Crippen LogP contribution is 1.91. The second kappa shape index (κ2) is 4.13. The van der Waals surface area contributed by atoms with Gasteiger partial charge in [0, 0.05) is 13.1 Å². The van der Waals surface area contributed by atoms with Gasteiger partial charge in [0.05, 0.1) is 0 Å². The largest absolute Gasteiger partial charge is 0.313 e. The minimum Gasteiger partial charge on any atom is -0.313 e. The molecule has 0 fully saturated rings. The standard InChI is InChI=1S/C6H14N/c1-4-5-6(2)7-3/h6-7H,3-5H2,1-2H3. The third-order valence-corrected chi connectivity index (χ3v) is 1.07. The molecule has 1 nitrogen and oxygen atoms in total. The monoisotopic (exact) mass is 100 g/mol. The first-order valence-corrected chi connectivity index (χ1v) is 2.83. The van der Waals surface area contributed by atoms with Crippen molar-refractivity contribution >= 4 is 0 Å². The Balaban J connectivity index is 2.83. The van der Waals surface area contributed by atoms with E-state index in [0.717, 1.165) is 0 Å². The zero-order valence-corrected chi connectivity index (χ0v) is 5.20. The fourth-order valence-electron chi connectivity index (χ4n) is 0.535. The molecular weight excluding hydrogens is 86.1 g/mol. The van der Waals surface area contributed by atoms with Crippen LogP contribution in [0.3, 0.4) is 0 Å². The van der Waals surface area contributed by atoms with Crippen molar-refractivity contribution in [1.82, 2.24) is 5.32 Å². The molecule has 1 atom stereocenters. The van der Waals surface area contributed by atoms with Crippen LogP contribution >= 0.6 is 0 Å². The summed E-state index contributed by atoms with van der Waals surface area (Å²) in [6, 6.07) is 0.588. The molecule has 7 heavy (non-hydrogen) atoms. The van der Waals surface area contributed by atoms with E-state index in [1.807, 2.05) is 0 Å². The predicted octanol–water partition coefficient (Wildman–Crippen LogP) is 1.56. The summed E-state index contributed by atoms with van der Waals surface area (Å²) in [7, 11) is 3.55. The van der Waals surface area contributed by atoms with E-state index in [0.29, 0.717) is 6.04 Å². The van der Waals surface area contributed by atoms with Crippen LogP contribution in [0.4, 0.5) is 0 Å². The molecule has 0 rings (SSSR count). The molecule has 43 valence electrons. The van der Waals surface area contributed by atoms with Crippen LogP contribution in [0.1, 0.15) is 26.7 Å². The average Bonchev–Trinajstić information content (AvgIpc) is 1.68. The zero-order chi connectivity index (χ0) is 5.70. The van der Waals surface area contributed by atoms with Gasteiger partial charge in [-0.1, -0.05) is 13.3 Å². The third-order valence-electron chi connectivity index (χ3n) is 1.07. The number of hydrogen-bond acceptors (Lipinski definition) is 1. The van der Waals surface area contributed by atoms with Crippen molar-refractivity contribution < 1.29 is 0 Å². The second-order valence-electron chi connectivity index (χ2n) is 1.89. The number of rotatable bonds is 3. The van der Waals surface area contributed by atoms with Crippen LogP contribution < -0.4 is 5.32 Å². The Morgan fingerprint density at radius 1 is 1.71 bits per heavy atom. The van der Waals surface area contributed by atoms with Crippen LogP contribution in [0.15, 0.2) is 0 Å². The molecule has 0 spiro atoms. The van der Waals surface area contributed by atoms with Gasteiger partial charge in [0.2, 0.25) is 0 Å². The van der Waals surface area contributed by atoms with Crippen molar-refractivity contribution in [2.45, 2.75) is 32.7 Å². The first-order valence-electron chi connectivity index (χ1n) is 2.83. The molecule has 1 radical (unpaired) electrons. The Morgan fingerprint density at radius 2 is 2.29 bits per heavy atom. The lowest BCUT2D eigenvalue weighted by atomic mass is 10.2. The Morgan fingerprint density at radius 3 is 2.43 bits per heavy atom. The molecular formula is C6H14N. The summed E-state index contributed by atoms with van der Waals surface area (Å²) in [6.07, 6.45) is 2.47. The number of hydrogen-bond donors (Lipinski definition) is 1. The maximum atomic E-state index is 3.55. The van der Waals surface area contributed by atoms with Crippen molar-refractivity contribution in [3.05, 3.63) is 7.05 Å². The van der Waals surface area contributed by atoms with E-state index in [1.165, 1.54) is 12.8 Å². The summed E-state index contributed by atoms with van der Waals surface area (Å²) in [5.41, 5.74) is 0. The maximum Gasteiger partial charge on any atom is 0.00793 e. The molecule has 0 heterocycles. The lowest BCUT2D eigenvalue weighted by molar-refractivity contribution is 0.576. The highest BCUT2D eigenvalue weighted by molar-refractivity contribution is 4.55. The van der Waals surface area contributed by atoms with Gasteiger partial charge >= 0.3 is 0 Å². The van der Waals surface area contributed by atoms with Crippen LogP contribution in [0.2, 0.25) is 0 Å². The minimum atomic E-state index is 0.588. The van der Waals surface area contributed by atoms with Crippen molar-refractivity contribution in [3.63, 3.8) is 0 Å². The Labute approximate surface area is 46.1 Å². The lowest BCUT2D eigenvalue weighted by Gasteiger charge is -2.05. The third kappa shape index (κ3) is 3.80. The highest BCUT2D eigenvalue weighted by Gasteiger charge is 1.91. The van der Waals surface area contributed by atoms with Crippen molar-refractivity contribution in [3.8, 4) is 0 Å². The van der Waals surface area contributed by atoms with E-state index < -0.39 is 0 Å². The van der Waals surface area contributed by atoms with E-state index in [1.54, 1.807) is 0 Å². The van der Waals surface area contributed by atoms with Crippen LogP contribution in [-0.2, 0) is 0 Å². The fourth-order valence-corrected chi connectivity index (χ4v) is 0.535. The summed E-state index contributed by atoms with van der Waals surface area (Å²) >= 11 is 0. The average molecular weight is 100 g/mol. The number of nitrogens with one attached hydrogen (secondary N) is 1. The lowest BCUT2D eigenvalue weighted by Crippen LogP contribution is -2.17.